The van der Waals surface area contributed by atoms with E-state index in [4.69, 9.17) is 22.1 Å². The molecule has 1 saturated carbocycles. The number of primary amides is 1. The number of nitrogens with one attached hydrogen (secondary N) is 2. The van der Waals surface area contributed by atoms with E-state index >= 15 is 0 Å². The average molecular weight is 449 g/mol. The van der Waals surface area contributed by atoms with Gasteiger partial charge >= 0.3 is 6.03 Å². The van der Waals surface area contributed by atoms with Crippen molar-refractivity contribution in [1.82, 2.24) is 10.3 Å². The van der Waals surface area contributed by atoms with E-state index in [-0.39, 0.29) is 35.8 Å². The number of carbonyl (C=O) groups excluding carboxylic acids is 2. The summed E-state index contributed by atoms with van der Waals surface area (Å²) in [6, 6.07) is 9.18. The van der Waals surface area contributed by atoms with Gasteiger partial charge in [-0.1, -0.05) is 11.6 Å². The summed E-state index contributed by atoms with van der Waals surface area (Å²) in [5.74, 6) is -0.190. The molecule has 3 aromatic rings. The Morgan fingerprint density at radius 2 is 1.97 bits per heavy atom. The summed E-state index contributed by atoms with van der Waals surface area (Å²) < 4.78 is 5.90. The number of pyridine rings is 1. The number of hydrogen-bond acceptors (Lipinski definition) is 5. The smallest absolute Gasteiger partial charge is 0.319 e. The number of hydrogen-bond donors (Lipinski definition) is 4. The van der Waals surface area contributed by atoms with E-state index in [9.17, 15) is 14.7 Å². The summed E-state index contributed by atoms with van der Waals surface area (Å²) >= 11 is 6.27. The Bertz CT molecular complexity index is 1140. The number of fused-ring (bicyclic) bond motifs is 1. The largest absolute Gasteiger partial charge is 0.507 e. The second kappa shape index (κ2) is 8.64. The molecule has 1 aromatic heterocycles. The van der Waals surface area contributed by atoms with Crippen molar-refractivity contribution in [2.45, 2.75) is 18.9 Å². The number of carbonyl (C=O) groups is 2. The van der Waals surface area contributed by atoms with Crippen molar-refractivity contribution in [3.05, 3.63) is 53.2 Å². The van der Waals surface area contributed by atoms with Crippen molar-refractivity contribution in [3.8, 4) is 17.2 Å². The number of amides is 3. The number of urea groups is 1. The fourth-order valence-electron chi connectivity index (χ4n) is 2.80. The monoisotopic (exact) mass is 448 g/mol. The third-order valence-corrected chi connectivity index (χ3v) is 4.73. The summed E-state index contributed by atoms with van der Waals surface area (Å²) in [4.78, 5) is 27.6. The van der Waals surface area contributed by atoms with E-state index in [2.05, 4.69) is 15.6 Å². The minimum Gasteiger partial charge on any atom is -0.507 e. The molecule has 5 N–H and O–H groups in total. The Kier molecular flexibility index (Phi) is 6.19. The summed E-state index contributed by atoms with van der Waals surface area (Å²) in [6.45, 7) is 0. The molecule has 0 bridgehead atoms. The Balaban J connectivity index is 0.00000256. The second-order valence-electron chi connectivity index (χ2n) is 6.68. The van der Waals surface area contributed by atoms with E-state index in [1.54, 1.807) is 24.3 Å². The van der Waals surface area contributed by atoms with Gasteiger partial charge in [0.05, 0.1) is 21.8 Å². The van der Waals surface area contributed by atoms with Crippen LogP contribution in [0.5, 0.6) is 17.2 Å². The minimum absolute atomic E-state index is 0. The van der Waals surface area contributed by atoms with Crippen LogP contribution in [0.2, 0.25) is 5.02 Å². The standard InChI is InChI=1S/C20H17ClN4O4.ClH/c21-14-7-11(3-4-15(14)25-20(28)24-10-1-2-10)29-18-5-6-23-16-9-17(26)13(19(22)27)8-12(16)18;/h3-10,26H,1-2H2,(H2,22,27)(H2,24,25,28);1H. The zero-order chi connectivity index (χ0) is 20.5. The van der Waals surface area contributed by atoms with Crippen LogP contribution in [-0.2, 0) is 0 Å². The molecule has 2 aromatic carbocycles. The topological polar surface area (TPSA) is 127 Å². The maximum absolute atomic E-state index is 11.9. The normalized spacial score (nSPS) is 12.7. The summed E-state index contributed by atoms with van der Waals surface area (Å²) in [5.41, 5.74) is 6.16. The quantitative estimate of drug-likeness (QED) is 0.465. The number of halogens is 2. The van der Waals surface area contributed by atoms with Gasteiger partial charge in [0, 0.05) is 29.8 Å². The number of aromatic nitrogens is 1. The van der Waals surface area contributed by atoms with Crippen molar-refractivity contribution >= 4 is 52.5 Å². The molecular formula is C20H18Cl2N4O4. The zero-order valence-electron chi connectivity index (χ0n) is 15.5. The fourth-order valence-corrected chi connectivity index (χ4v) is 3.02. The highest BCUT2D eigenvalue weighted by molar-refractivity contribution is 6.33. The van der Waals surface area contributed by atoms with Gasteiger partial charge in [-0.15, -0.1) is 12.4 Å². The van der Waals surface area contributed by atoms with Crippen molar-refractivity contribution in [2.75, 3.05) is 5.32 Å². The van der Waals surface area contributed by atoms with Crippen LogP contribution in [0.25, 0.3) is 10.9 Å². The average Bonchev–Trinajstić information content (AvgIpc) is 3.47. The van der Waals surface area contributed by atoms with E-state index in [1.165, 1.54) is 18.3 Å². The molecule has 1 aliphatic carbocycles. The molecule has 0 aliphatic heterocycles. The predicted molar refractivity (Wildman–Crippen MR) is 116 cm³/mol. The van der Waals surface area contributed by atoms with Crippen LogP contribution in [0.4, 0.5) is 10.5 Å². The van der Waals surface area contributed by atoms with E-state index in [0.717, 1.165) is 12.8 Å². The SMILES string of the molecule is Cl.NC(=O)c1cc2c(Oc3ccc(NC(=O)NC4CC4)c(Cl)c3)ccnc2cc1O. The minimum atomic E-state index is -0.762. The first-order valence-corrected chi connectivity index (χ1v) is 9.25. The third kappa shape index (κ3) is 4.67. The van der Waals surface area contributed by atoms with Crippen molar-refractivity contribution < 1.29 is 19.4 Å². The molecule has 0 spiro atoms. The molecular weight excluding hydrogens is 431 g/mol. The highest BCUT2D eigenvalue weighted by Gasteiger charge is 2.23. The summed E-state index contributed by atoms with van der Waals surface area (Å²) in [5, 5.41) is 16.2. The Morgan fingerprint density at radius 3 is 2.63 bits per heavy atom. The van der Waals surface area contributed by atoms with Gasteiger partial charge in [0.2, 0.25) is 0 Å². The van der Waals surface area contributed by atoms with Crippen LogP contribution in [0.3, 0.4) is 0 Å². The molecule has 4 rings (SSSR count). The molecule has 156 valence electrons. The lowest BCUT2D eigenvalue weighted by Gasteiger charge is -2.12. The lowest BCUT2D eigenvalue weighted by Crippen LogP contribution is -2.30. The maximum atomic E-state index is 11.9. The number of benzene rings is 2. The fraction of sp³-hybridized carbons (Fsp3) is 0.150. The Hall–Kier alpha value is -3.23. The molecule has 0 radical (unpaired) electrons. The molecule has 3 amide bonds. The Labute approximate surface area is 182 Å². The first-order valence-electron chi connectivity index (χ1n) is 8.87. The van der Waals surface area contributed by atoms with Crippen LogP contribution in [0.1, 0.15) is 23.2 Å². The number of phenols is 1. The van der Waals surface area contributed by atoms with E-state index < -0.39 is 5.91 Å². The number of aromatic hydroxyl groups is 1. The maximum Gasteiger partial charge on any atom is 0.319 e. The van der Waals surface area contributed by atoms with Crippen LogP contribution in [0.15, 0.2) is 42.6 Å². The van der Waals surface area contributed by atoms with Crippen molar-refractivity contribution in [2.24, 2.45) is 5.73 Å². The van der Waals surface area contributed by atoms with Crippen molar-refractivity contribution in [3.63, 3.8) is 0 Å². The number of rotatable bonds is 5. The van der Waals surface area contributed by atoms with Crippen LogP contribution < -0.4 is 21.1 Å². The zero-order valence-corrected chi connectivity index (χ0v) is 17.1. The van der Waals surface area contributed by atoms with Gasteiger partial charge in [-0.3, -0.25) is 9.78 Å². The van der Waals surface area contributed by atoms with Crippen LogP contribution >= 0.6 is 24.0 Å². The molecule has 0 atom stereocenters. The lowest BCUT2D eigenvalue weighted by molar-refractivity contribution is 0.0998. The summed E-state index contributed by atoms with van der Waals surface area (Å²) in [6.07, 6.45) is 3.49. The molecule has 30 heavy (non-hydrogen) atoms. The number of nitrogens with zero attached hydrogens (tertiary/aromatic N) is 1. The van der Waals surface area contributed by atoms with Gasteiger partial charge in [-0.2, -0.15) is 0 Å². The molecule has 1 heterocycles. The van der Waals surface area contributed by atoms with Gasteiger partial charge in [-0.25, -0.2) is 4.79 Å². The molecule has 0 saturated heterocycles. The van der Waals surface area contributed by atoms with Crippen molar-refractivity contribution in [1.29, 1.82) is 0 Å². The van der Waals surface area contributed by atoms with Gasteiger partial charge in [0.1, 0.15) is 17.2 Å². The van der Waals surface area contributed by atoms with Crippen LogP contribution in [0, 0.1) is 0 Å². The first-order chi connectivity index (χ1) is 13.9. The highest BCUT2D eigenvalue weighted by atomic mass is 35.5. The van der Waals surface area contributed by atoms with Gasteiger partial charge in [0.15, 0.2) is 0 Å². The number of anilines is 1. The number of nitrogens with two attached hydrogens (primary N) is 1. The van der Waals surface area contributed by atoms with Gasteiger partial charge in [-0.05, 0) is 37.1 Å². The first kappa shape index (κ1) is 21.5. The highest BCUT2D eigenvalue weighted by Crippen LogP contribution is 2.35. The molecule has 1 aliphatic rings. The van der Waals surface area contributed by atoms with E-state index in [1.807, 2.05) is 0 Å². The predicted octanol–water partition coefficient (Wildman–Crippen LogP) is 4.19. The molecule has 10 heteroatoms. The van der Waals surface area contributed by atoms with Gasteiger partial charge in [0.25, 0.3) is 5.91 Å². The van der Waals surface area contributed by atoms with Gasteiger partial charge < -0.3 is 26.2 Å². The van der Waals surface area contributed by atoms with Crippen LogP contribution in [-0.4, -0.2) is 28.1 Å². The second-order valence-corrected chi connectivity index (χ2v) is 7.08. The van der Waals surface area contributed by atoms with E-state index in [0.29, 0.717) is 33.1 Å². The lowest BCUT2D eigenvalue weighted by atomic mass is 10.1. The number of ether oxygens (including phenoxy) is 1. The third-order valence-electron chi connectivity index (χ3n) is 4.41. The molecule has 1 fully saturated rings. The molecule has 0 unspecified atom stereocenters. The molecule has 8 nitrogen and oxygen atoms in total. The summed E-state index contributed by atoms with van der Waals surface area (Å²) in [7, 11) is 0. The Morgan fingerprint density at radius 1 is 1.20 bits per heavy atom.